The predicted molar refractivity (Wildman–Crippen MR) is 77.0 cm³/mol. The molecular formula is C15H19N3O. The van der Waals surface area contributed by atoms with Crippen molar-refractivity contribution in [3.05, 3.63) is 50.8 Å². The molecule has 1 aromatic carbocycles. The summed E-state index contributed by atoms with van der Waals surface area (Å²) < 4.78 is 1.35. The van der Waals surface area contributed by atoms with Crippen molar-refractivity contribution < 1.29 is 0 Å². The second-order valence-electron chi connectivity index (χ2n) is 4.94. The fourth-order valence-corrected chi connectivity index (χ4v) is 2.17. The van der Waals surface area contributed by atoms with Crippen LogP contribution in [0.1, 0.15) is 22.3 Å². The number of aryl methyl sites for hydroxylation is 4. The van der Waals surface area contributed by atoms with E-state index in [-0.39, 0.29) is 5.56 Å². The second kappa shape index (κ2) is 4.97. The molecule has 2 aromatic rings. The average molecular weight is 257 g/mol. The van der Waals surface area contributed by atoms with Crippen LogP contribution in [0.3, 0.4) is 0 Å². The van der Waals surface area contributed by atoms with E-state index in [4.69, 9.17) is 5.73 Å². The molecule has 0 aliphatic rings. The van der Waals surface area contributed by atoms with Gasteiger partial charge in [0, 0.05) is 25.2 Å². The highest BCUT2D eigenvalue weighted by atomic mass is 16.1. The van der Waals surface area contributed by atoms with E-state index in [0.717, 1.165) is 22.4 Å². The smallest absolute Gasteiger partial charge is 0.266 e. The molecule has 2 N–H and O–H groups in total. The monoisotopic (exact) mass is 257 g/mol. The quantitative estimate of drug-likeness (QED) is 0.893. The minimum atomic E-state index is -0.134. The SMILES string of the molecule is Cc1cc(C)c(-c2nn(C)c(=O)cc2CN)cc1C. The zero-order chi connectivity index (χ0) is 14.2. The van der Waals surface area contributed by atoms with Gasteiger partial charge in [0.1, 0.15) is 0 Å². The molecule has 1 heterocycles. The van der Waals surface area contributed by atoms with Crippen molar-refractivity contribution in [3.8, 4) is 11.3 Å². The van der Waals surface area contributed by atoms with Gasteiger partial charge >= 0.3 is 0 Å². The Bertz CT molecular complexity index is 687. The molecule has 19 heavy (non-hydrogen) atoms. The lowest BCUT2D eigenvalue weighted by atomic mass is 9.96. The highest BCUT2D eigenvalue weighted by molar-refractivity contribution is 5.67. The first-order valence-electron chi connectivity index (χ1n) is 6.29. The number of nitrogens with two attached hydrogens (primary N) is 1. The summed E-state index contributed by atoms with van der Waals surface area (Å²) in [6, 6.07) is 5.81. The molecule has 4 nitrogen and oxygen atoms in total. The molecule has 100 valence electrons. The van der Waals surface area contributed by atoms with Crippen LogP contribution >= 0.6 is 0 Å². The Balaban J connectivity index is 2.75. The summed E-state index contributed by atoms with van der Waals surface area (Å²) in [5, 5.41) is 4.37. The molecule has 0 saturated heterocycles. The minimum Gasteiger partial charge on any atom is -0.326 e. The highest BCUT2D eigenvalue weighted by Gasteiger charge is 2.12. The van der Waals surface area contributed by atoms with Gasteiger partial charge in [0.2, 0.25) is 0 Å². The van der Waals surface area contributed by atoms with Gasteiger partial charge in [0.05, 0.1) is 5.69 Å². The van der Waals surface area contributed by atoms with E-state index < -0.39 is 0 Å². The molecule has 0 bridgehead atoms. The maximum absolute atomic E-state index is 11.6. The Morgan fingerprint density at radius 1 is 1.11 bits per heavy atom. The number of nitrogens with zero attached hydrogens (tertiary/aromatic N) is 2. The van der Waals surface area contributed by atoms with Gasteiger partial charge in [0.25, 0.3) is 5.56 Å². The van der Waals surface area contributed by atoms with E-state index in [1.165, 1.54) is 15.8 Å². The van der Waals surface area contributed by atoms with E-state index in [1.54, 1.807) is 13.1 Å². The van der Waals surface area contributed by atoms with Crippen molar-refractivity contribution in [2.24, 2.45) is 12.8 Å². The van der Waals surface area contributed by atoms with Gasteiger partial charge in [-0.15, -0.1) is 0 Å². The Morgan fingerprint density at radius 2 is 1.74 bits per heavy atom. The highest BCUT2D eigenvalue weighted by Crippen LogP contribution is 2.26. The largest absolute Gasteiger partial charge is 0.326 e. The fraction of sp³-hybridized carbons (Fsp3) is 0.333. The van der Waals surface area contributed by atoms with E-state index in [0.29, 0.717) is 6.54 Å². The van der Waals surface area contributed by atoms with Gasteiger partial charge in [0.15, 0.2) is 0 Å². The van der Waals surface area contributed by atoms with Crippen LogP contribution in [0, 0.1) is 20.8 Å². The third-order valence-electron chi connectivity index (χ3n) is 3.49. The van der Waals surface area contributed by atoms with Crippen molar-refractivity contribution in [1.82, 2.24) is 9.78 Å². The van der Waals surface area contributed by atoms with Crippen molar-refractivity contribution in [3.63, 3.8) is 0 Å². The molecule has 0 aliphatic heterocycles. The maximum Gasteiger partial charge on any atom is 0.266 e. The maximum atomic E-state index is 11.6. The standard InChI is InChI=1S/C15H19N3O/c1-9-5-11(3)13(6-10(9)2)15-12(8-16)7-14(19)18(4)17-15/h5-7H,8,16H2,1-4H3. The lowest BCUT2D eigenvalue weighted by Crippen LogP contribution is -2.21. The van der Waals surface area contributed by atoms with E-state index in [2.05, 4.69) is 38.0 Å². The third kappa shape index (κ3) is 2.44. The summed E-state index contributed by atoms with van der Waals surface area (Å²) in [5.74, 6) is 0. The number of rotatable bonds is 2. The molecule has 1 aromatic heterocycles. The molecule has 0 unspecified atom stereocenters. The van der Waals surface area contributed by atoms with Crippen molar-refractivity contribution in [2.45, 2.75) is 27.3 Å². The summed E-state index contributed by atoms with van der Waals surface area (Å²) in [4.78, 5) is 11.6. The lowest BCUT2D eigenvalue weighted by molar-refractivity contribution is 0.704. The zero-order valence-corrected chi connectivity index (χ0v) is 11.8. The first-order chi connectivity index (χ1) is 8.93. The molecule has 0 atom stereocenters. The predicted octanol–water partition coefficient (Wildman–Crippen LogP) is 1.83. The van der Waals surface area contributed by atoms with Gasteiger partial charge in [-0.1, -0.05) is 6.07 Å². The molecule has 0 fully saturated rings. The summed E-state index contributed by atoms with van der Waals surface area (Å²) in [5.41, 5.74) is 11.8. The van der Waals surface area contributed by atoms with Gasteiger partial charge in [-0.3, -0.25) is 4.79 Å². The van der Waals surface area contributed by atoms with Gasteiger partial charge in [-0.05, 0) is 49.1 Å². The van der Waals surface area contributed by atoms with Crippen LogP contribution in [0.2, 0.25) is 0 Å². The van der Waals surface area contributed by atoms with Crippen LogP contribution in [0.15, 0.2) is 23.0 Å². The Morgan fingerprint density at radius 3 is 2.37 bits per heavy atom. The second-order valence-corrected chi connectivity index (χ2v) is 4.94. The number of hydrogen-bond acceptors (Lipinski definition) is 3. The molecule has 4 heteroatoms. The normalized spacial score (nSPS) is 10.8. The van der Waals surface area contributed by atoms with Gasteiger partial charge in [-0.25, -0.2) is 4.68 Å². The summed E-state index contributed by atoms with van der Waals surface area (Å²) in [7, 11) is 1.66. The van der Waals surface area contributed by atoms with Crippen molar-refractivity contribution in [2.75, 3.05) is 0 Å². The minimum absolute atomic E-state index is 0.134. The van der Waals surface area contributed by atoms with Crippen LogP contribution in [-0.4, -0.2) is 9.78 Å². The molecule has 0 radical (unpaired) electrons. The fourth-order valence-electron chi connectivity index (χ4n) is 2.17. The number of benzene rings is 1. The van der Waals surface area contributed by atoms with E-state index in [9.17, 15) is 4.79 Å². The van der Waals surface area contributed by atoms with Crippen LogP contribution in [0.25, 0.3) is 11.3 Å². The molecule has 0 aliphatic carbocycles. The Kier molecular flexibility index (Phi) is 3.53. The van der Waals surface area contributed by atoms with Crippen LogP contribution in [0.5, 0.6) is 0 Å². The zero-order valence-electron chi connectivity index (χ0n) is 11.8. The summed E-state index contributed by atoms with van der Waals surface area (Å²) >= 11 is 0. The first-order valence-corrected chi connectivity index (χ1v) is 6.29. The number of aromatic nitrogens is 2. The van der Waals surface area contributed by atoms with Crippen LogP contribution < -0.4 is 11.3 Å². The van der Waals surface area contributed by atoms with Crippen molar-refractivity contribution >= 4 is 0 Å². The molecule has 0 spiro atoms. The average Bonchev–Trinajstić information content (AvgIpc) is 2.36. The molecule has 0 saturated carbocycles. The lowest BCUT2D eigenvalue weighted by Gasteiger charge is -2.13. The van der Waals surface area contributed by atoms with E-state index >= 15 is 0 Å². The summed E-state index contributed by atoms with van der Waals surface area (Å²) in [6.07, 6.45) is 0. The van der Waals surface area contributed by atoms with Crippen LogP contribution in [0.4, 0.5) is 0 Å². The third-order valence-corrected chi connectivity index (χ3v) is 3.49. The molecule has 0 amide bonds. The summed E-state index contributed by atoms with van der Waals surface area (Å²) in [6.45, 7) is 6.52. The molecular weight excluding hydrogens is 238 g/mol. The topological polar surface area (TPSA) is 60.9 Å². The van der Waals surface area contributed by atoms with E-state index in [1.807, 2.05) is 0 Å². The van der Waals surface area contributed by atoms with Crippen molar-refractivity contribution in [1.29, 1.82) is 0 Å². The first kappa shape index (κ1) is 13.5. The van der Waals surface area contributed by atoms with Gasteiger partial charge in [-0.2, -0.15) is 5.10 Å². The molecule has 2 rings (SSSR count). The Labute approximate surface area is 112 Å². The number of hydrogen-bond donors (Lipinski definition) is 1. The van der Waals surface area contributed by atoms with Crippen LogP contribution in [-0.2, 0) is 13.6 Å². The van der Waals surface area contributed by atoms with Gasteiger partial charge < -0.3 is 5.73 Å². The Hall–Kier alpha value is -1.94.